The highest BCUT2D eigenvalue weighted by Crippen LogP contribution is 2.38. The van der Waals surface area contributed by atoms with Crippen molar-refractivity contribution in [1.29, 1.82) is 0 Å². The van der Waals surface area contributed by atoms with Gasteiger partial charge in [-0.25, -0.2) is 8.42 Å². The van der Waals surface area contributed by atoms with Crippen LogP contribution < -0.4 is 29.0 Å². The topological polar surface area (TPSA) is 118 Å². The maximum atomic E-state index is 13.8. The van der Waals surface area contributed by atoms with E-state index in [1.165, 1.54) is 12.1 Å². The molecule has 0 saturated carbocycles. The number of hydrogen-bond donors (Lipinski definition) is 1. The zero-order valence-corrected chi connectivity index (χ0v) is 22.0. The normalized spacial score (nSPS) is 13.8. The maximum Gasteiger partial charge on any atom is 0.234 e. The average molecular weight is 551 g/mol. The van der Waals surface area contributed by atoms with Crippen LogP contribution >= 0.6 is 0 Å². The lowest BCUT2D eigenvalue weighted by Gasteiger charge is -2.18. The fourth-order valence-electron chi connectivity index (χ4n) is 4.17. The molecular formula is C28H26N2O8S. The van der Waals surface area contributed by atoms with E-state index in [4.69, 9.17) is 28.1 Å². The lowest BCUT2D eigenvalue weighted by atomic mass is 10.2. The van der Waals surface area contributed by atoms with Crippen LogP contribution in [0.3, 0.4) is 0 Å². The summed E-state index contributed by atoms with van der Waals surface area (Å²) in [5.74, 6) is 3.02. The summed E-state index contributed by atoms with van der Waals surface area (Å²) in [7, 11) is -4.10. The number of oxazole rings is 1. The van der Waals surface area contributed by atoms with Crippen molar-refractivity contribution in [2.45, 2.75) is 29.8 Å². The third-order valence-electron chi connectivity index (χ3n) is 6.14. The first-order valence-corrected chi connectivity index (χ1v) is 14.0. The van der Waals surface area contributed by atoms with Gasteiger partial charge in [-0.05, 0) is 60.5 Å². The number of rotatable bonds is 9. The van der Waals surface area contributed by atoms with E-state index in [-0.39, 0.29) is 35.0 Å². The molecule has 0 fully saturated rings. The molecule has 4 aromatic rings. The fraction of sp³-hybridized carbons (Fsp3) is 0.250. The molecule has 1 N–H and O–H groups in total. The van der Waals surface area contributed by atoms with Crippen LogP contribution in [0.4, 0.5) is 5.88 Å². The molecule has 0 amide bonds. The molecule has 0 unspecified atom stereocenters. The Hall–Kier alpha value is -4.38. The lowest BCUT2D eigenvalue weighted by molar-refractivity contribution is 0.171. The smallest absolute Gasteiger partial charge is 0.234 e. The second kappa shape index (κ2) is 10.4. The van der Waals surface area contributed by atoms with Gasteiger partial charge in [0.2, 0.25) is 33.4 Å². The second-order valence-electron chi connectivity index (χ2n) is 8.88. The number of sulfone groups is 1. The van der Waals surface area contributed by atoms with E-state index in [1.54, 1.807) is 36.4 Å². The number of ether oxygens (including phenoxy) is 5. The molecule has 6 rings (SSSR count). The third-order valence-corrected chi connectivity index (χ3v) is 7.80. The first-order valence-electron chi connectivity index (χ1n) is 12.5. The summed E-state index contributed by atoms with van der Waals surface area (Å²) in [4.78, 5) is 4.44. The van der Waals surface area contributed by atoms with E-state index in [9.17, 15) is 8.42 Å². The quantitative estimate of drug-likeness (QED) is 0.302. The molecule has 0 atom stereocenters. The highest BCUT2D eigenvalue weighted by Gasteiger charge is 2.30. The van der Waals surface area contributed by atoms with Gasteiger partial charge < -0.3 is 33.4 Å². The Bertz CT molecular complexity index is 1600. The molecule has 2 aliphatic heterocycles. The molecule has 10 nitrogen and oxygen atoms in total. The standard InChI is InChI=1S/C28H26N2O8S/c1-2-11-33-20-6-4-19(5-7-20)26-30-28(39(31,32)21-8-10-22-25(15-21)35-13-12-34-22)27(38-26)29-16-18-3-9-23-24(14-18)37-17-36-23/h3-10,14-15,29H,2,11-13,16-17H2,1H3. The Morgan fingerprint density at radius 2 is 1.59 bits per heavy atom. The van der Waals surface area contributed by atoms with Crippen molar-refractivity contribution in [2.75, 3.05) is 31.9 Å². The van der Waals surface area contributed by atoms with Gasteiger partial charge in [-0.1, -0.05) is 13.0 Å². The number of anilines is 1. The van der Waals surface area contributed by atoms with Gasteiger partial charge in [0.05, 0.1) is 11.5 Å². The predicted octanol–water partition coefficient (Wildman–Crippen LogP) is 5.08. The molecule has 0 radical (unpaired) electrons. The summed E-state index contributed by atoms with van der Waals surface area (Å²) in [6.07, 6.45) is 0.890. The van der Waals surface area contributed by atoms with Crippen molar-refractivity contribution < 1.29 is 36.5 Å². The van der Waals surface area contributed by atoms with Crippen LogP contribution in [0.2, 0.25) is 0 Å². The largest absolute Gasteiger partial charge is 0.494 e. The second-order valence-corrected chi connectivity index (χ2v) is 10.7. The highest BCUT2D eigenvalue weighted by molar-refractivity contribution is 7.91. The minimum Gasteiger partial charge on any atom is -0.494 e. The zero-order valence-electron chi connectivity index (χ0n) is 21.1. The number of aromatic nitrogens is 1. The first-order chi connectivity index (χ1) is 19.0. The molecule has 39 heavy (non-hydrogen) atoms. The van der Waals surface area contributed by atoms with Gasteiger partial charge in [0.1, 0.15) is 19.0 Å². The van der Waals surface area contributed by atoms with Crippen molar-refractivity contribution in [3.63, 3.8) is 0 Å². The Kier molecular flexibility index (Phi) is 6.65. The number of fused-ring (bicyclic) bond motifs is 2. The van der Waals surface area contributed by atoms with Crippen LogP contribution in [-0.4, -0.2) is 40.0 Å². The molecule has 0 saturated heterocycles. The molecule has 3 aromatic carbocycles. The van der Waals surface area contributed by atoms with Gasteiger partial charge in [0, 0.05) is 18.2 Å². The molecule has 2 aliphatic rings. The minimum atomic E-state index is -4.10. The van der Waals surface area contributed by atoms with Gasteiger partial charge in [-0.3, -0.25) is 0 Å². The minimum absolute atomic E-state index is 0.0149. The van der Waals surface area contributed by atoms with E-state index in [2.05, 4.69) is 10.3 Å². The van der Waals surface area contributed by atoms with Crippen molar-refractivity contribution in [2.24, 2.45) is 0 Å². The molecule has 11 heteroatoms. The number of hydrogen-bond acceptors (Lipinski definition) is 10. The van der Waals surface area contributed by atoms with Crippen LogP contribution in [0.1, 0.15) is 18.9 Å². The summed E-state index contributed by atoms with van der Waals surface area (Å²) in [6, 6.07) is 17.1. The lowest BCUT2D eigenvalue weighted by Crippen LogP contribution is -2.16. The van der Waals surface area contributed by atoms with Gasteiger partial charge in [-0.2, -0.15) is 4.98 Å². The van der Waals surface area contributed by atoms with Gasteiger partial charge in [0.15, 0.2) is 23.0 Å². The monoisotopic (exact) mass is 550 g/mol. The van der Waals surface area contributed by atoms with Gasteiger partial charge in [0.25, 0.3) is 0 Å². The van der Waals surface area contributed by atoms with Crippen LogP contribution in [0.15, 0.2) is 75.0 Å². The highest BCUT2D eigenvalue weighted by atomic mass is 32.2. The Morgan fingerprint density at radius 3 is 2.41 bits per heavy atom. The fourth-order valence-corrected chi connectivity index (χ4v) is 5.47. The molecule has 0 spiro atoms. The molecular weight excluding hydrogens is 524 g/mol. The Labute approximate surface area is 225 Å². The summed E-state index contributed by atoms with van der Waals surface area (Å²) < 4.78 is 61.2. The van der Waals surface area contributed by atoms with Crippen molar-refractivity contribution in [1.82, 2.24) is 4.98 Å². The van der Waals surface area contributed by atoms with Crippen molar-refractivity contribution in [3.8, 4) is 40.2 Å². The first kappa shape index (κ1) is 24.9. The maximum absolute atomic E-state index is 13.8. The SMILES string of the molecule is CCCOc1ccc(-c2nc(S(=O)(=O)c3ccc4c(c3)OCCO4)c(NCc3ccc4c(c3)OCO4)o2)cc1. The number of nitrogens with one attached hydrogen (secondary N) is 1. The van der Waals surface area contributed by atoms with E-state index < -0.39 is 9.84 Å². The van der Waals surface area contributed by atoms with Crippen LogP contribution in [0, 0.1) is 0 Å². The third kappa shape index (κ3) is 5.05. The van der Waals surface area contributed by atoms with Crippen molar-refractivity contribution >= 4 is 15.7 Å². The Morgan fingerprint density at radius 1 is 0.872 bits per heavy atom. The summed E-state index contributed by atoms with van der Waals surface area (Å²) >= 11 is 0. The molecule has 3 heterocycles. The Balaban J connectivity index is 1.34. The summed E-state index contributed by atoms with van der Waals surface area (Å²) in [5, 5.41) is 2.87. The van der Waals surface area contributed by atoms with E-state index in [0.29, 0.717) is 54.1 Å². The van der Waals surface area contributed by atoms with E-state index >= 15 is 0 Å². The molecule has 1 aromatic heterocycles. The van der Waals surface area contributed by atoms with Crippen LogP contribution in [-0.2, 0) is 16.4 Å². The predicted molar refractivity (Wildman–Crippen MR) is 141 cm³/mol. The summed E-state index contributed by atoms with van der Waals surface area (Å²) in [6.45, 7) is 3.80. The van der Waals surface area contributed by atoms with Gasteiger partial charge >= 0.3 is 0 Å². The molecule has 0 bridgehead atoms. The van der Waals surface area contributed by atoms with E-state index in [0.717, 1.165) is 12.0 Å². The molecule has 202 valence electrons. The number of nitrogens with zero attached hydrogens (tertiary/aromatic N) is 1. The van der Waals surface area contributed by atoms with Crippen LogP contribution in [0.5, 0.6) is 28.7 Å². The number of benzene rings is 3. The molecule has 0 aliphatic carbocycles. The average Bonchev–Trinajstić information content (AvgIpc) is 3.62. The van der Waals surface area contributed by atoms with Gasteiger partial charge in [-0.15, -0.1) is 0 Å². The van der Waals surface area contributed by atoms with Crippen molar-refractivity contribution in [3.05, 3.63) is 66.2 Å². The van der Waals surface area contributed by atoms with Crippen LogP contribution in [0.25, 0.3) is 11.5 Å². The zero-order chi connectivity index (χ0) is 26.8. The van der Waals surface area contributed by atoms with E-state index in [1.807, 2.05) is 19.1 Å². The summed E-state index contributed by atoms with van der Waals surface area (Å²) in [5.41, 5.74) is 1.45.